The van der Waals surface area contributed by atoms with E-state index in [0.717, 1.165) is 0 Å². The number of pyridine rings is 1. The highest BCUT2D eigenvalue weighted by molar-refractivity contribution is 6.21. The van der Waals surface area contributed by atoms with Gasteiger partial charge < -0.3 is 4.98 Å². The molecule has 5 nitrogen and oxygen atoms in total. The van der Waals surface area contributed by atoms with Crippen LogP contribution in [-0.4, -0.2) is 16.8 Å². The third-order valence-electron chi connectivity index (χ3n) is 2.54. The van der Waals surface area contributed by atoms with E-state index in [4.69, 9.17) is 0 Å². The second kappa shape index (κ2) is 3.04. The molecule has 0 fully saturated rings. The molecule has 0 unspecified atom stereocenters. The van der Waals surface area contributed by atoms with Gasteiger partial charge in [0.1, 0.15) is 5.56 Å². The van der Waals surface area contributed by atoms with Gasteiger partial charge in [-0.3, -0.25) is 19.7 Å². The van der Waals surface area contributed by atoms with Crippen LogP contribution in [0.2, 0.25) is 0 Å². The van der Waals surface area contributed by atoms with Crippen molar-refractivity contribution in [2.45, 2.75) is 26.2 Å². The van der Waals surface area contributed by atoms with Crippen molar-refractivity contribution < 1.29 is 9.59 Å². The van der Waals surface area contributed by atoms with E-state index >= 15 is 0 Å². The molecule has 84 valence electrons. The summed E-state index contributed by atoms with van der Waals surface area (Å²) in [5.74, 6) is -1.13. The number of hydrogen-bond acceptors (Lipinski definition) is 3. The number of amides is 2. The fraction of sp³-hybridized carbons (Fsp3) is 0.364. The Labute approximate surface area is 91.9 Å². The van der Waals surface area contributed by atoms with Crippen molar-refractivity contribution in [2.75, 3.05) is 0 Å². The molecule has 0 aromatic carbocycles. The van der Waals surface area contributed by atoms with Crippen LogP contribution < -0.4 is 10.9 Å². The van der Waals surface area contributed by atoms with Crippen LogP contribution in [0.25, 0.3) is 0 Å². The minimum Gasteiger partial charge on any atom is -0.325 e. The number of hydrogen-bond donors (Lipinski definition) is 2. The third-order valence-corrected chi connectivity index (χ3v) is 2.54. The summed E-state index contributed by atoms with van der Waals surface area (Å²) in [6.07, 6.45) is 0. The number of rotatable bonds is 0. The van der Waals surface area contributed by atoms with Crippen LogP contribution in [0.1, 0.15) is 47.2 Å². The van der Waals surface area contributed by atoms with Crippen LogP contribution in [0, 0.1) is 0 Å². The molecule has 1 aromatic rings. The summed E-state index contributed by atoms with van der Waals surface area (Å²) in [4.78, 5) is 37.0. The lowest BCUT2D eigenvalue weighted by Gasteiger charge is -2.18. The zero-order chi connectivity index (χ0) is 12.1. The van der Waals surface area contributed by atoms with Crippen LogP contribution in [0.5, 0.6) is 0 Å². The summed E-state index contributed by atoms with van der Waals surface area (Å²) in [5, 5.41) is 2.10. The van der Waals surface area contributed by atoms with Gasteiger partial charge in [-0.15, -0.1) is 0 Å². The zero-order valence-corrected chi connectivity index (χ0v) is 9.30. The first kappa shape index (κ1) is 10.6. The second-order valence-electron chi connectivity index (χ2n) is 4.83. The Morgan fingerprint density at radius 3 is 2.25 bits per heavy atom. The first-order chi connectivity index (χ1) is 7.30. The van der Waals surface area contributed by atoms with E-state index in [2.05, 4.69) is 10.3 Å². The van der Waals surface area contributed by atoms with Gasteiger partial charge in [0.15, 0.2) is 0 Å². The first-order valence-electron chi connectivity index (χ1n) is 4.94. The lowest BCUT2D eigenvalue weighted by molar-refractivity contribution is 0.0879. The van der Waals surface area contributed by atoms with E-state index in [9.17, 15) is 14.4 Å². The fourth-order valence-electron chi connectivity index (χ4n) is 1.60. The molecule has 0 spiro atoms. The van der Waals surface area contributed by atoms with E-state index < -0.39 is 17.4 Å². The van der Waals surface area contributed by atoms with Crippen molar-refractivity contribution in [1.82, 2.24) is 10.3 Å². The highest BCUT2D eigenvalue weighted by Gasteiger charge is 2.31. The van der Waals surface area contributed by atoms with Gasteiger partial charge >= 0.3 is 0 Å². The molecule has 1 aliphatic heterocycles. The molecule has 2 rings (SSSR count). The van der Waals surface area contributed by atoms with E-state index in [1.165, 1.54) is 0 Å². The molecule has 0 bridgehead atoms. The van der Waals surface area contributed by atoms with Crippen LogP contribution in [0.15, 0.2) is 10.9 Å². The Morgan fingerprint density at radius 2 is 1.69 bits per heavy atom. The van der Waals surface area contributed by atoms with Gasteiger partial charge in [0.2, 0.25) is 0 Å². The van der Waals surface area contributed by atoms with Crippen molar-refractivity contribution in [3.05, 3.63) is 33.2 Å². The fourth-order valence-corrected chi connectivity index (χ4v) is 1.60. The molecule has 2 heterocycles. The minimum absolute atomic E-state index is 0.0852. The monoisotopic (exact) mass is 220 g/mol. The molecular formula is C11H12N2O3. The molecule has 5 heteroatoms. The smallest absolute Gasteiger partial charge is 0.264 e. The summed E-state index contributed by atoms with van der Waals surface area (Å²) in [6, 6.07) is 1.57. The molecule has 0 aliphatic carbocycles. The second-order valence-corrected chi connectivity index (χ2v) is 4.83. The first-order valence-corrected chi connectivity index (χ1v) is 4.94. The number of H-pyrrole nitrogens is 1. The number of fused-ring (bicyclic) bond motifs is 1. The number of nitrogens with one attached hydrogen (secondary N) is 2. The molecule has 1 aromatic heterocycles. The topological polar surface area (TPSA) is 79.0 Å². The van der Waals surface area contributed by atoms with Gasteiger partial charge in [0.25, 0.3) is 17.4 Å². The van der Waals surface area contributed by atoms with Gasteiger partial charge in [-0.05, 0) is 6.07 Å². The predicted molar refractivity (Wildman–Crippen MR) is 57.6 cm³/mol. The number of aromatic amines is 1. The molecule has 0 saturated heterocycles. The van der Waals surface area contributed by atoms with Gasteiger partial charge in [0.05, 0.1) is 5.56 Å². The SMILES string of the molecule is CC(C)(C)c1cc2c(c(=O)[nH]1)C(=O)NC2=O. The maximum absolute atomic E-state index is 11.7. The molecule has 2 N–H and O–H groups in total. The van der Waals surface area contributed by atoms with E-state index in [0.29, 0.717) is 5.69 Å². The Balaban J connectivity index is 2.73. The lowest BCUT2D eigenvalue weighted by atomic mass is 9.90. The van der Waals surface area contributed by atoms with Gasteiger partial charge in [-0.25, -0.2) is 0 Å². The number of aromatic nitrogens is 1. The normalized spacial score (nSPS) is 14.9. The maximum Gasteiger partial charge on any atom is 0.264 e. The highest BCUT2D eigenvalue weighted by Crippen LogP contribution is 2.22. The average molecular weight is 220 g/mol. The standard InChI is InChI=1S/C11H12N2O3/c1-11(2,3)6-4-5-7(9(15)12-6)10(16)13-8(5)14/h4H,1-3H3,(H,12,15)(H,13,14,16). The summed E-state index contributed by atoms with van der Waals surface area (Å²) in [7, 11) is 0. The molecule has 0 atom stereocenters. The van der Waals surface area contributed by atoms with E-state index in [1.54, 1.807) is 6.07 Å². The number of carbonyl (C=O) groups is 2. The average Bonchev–Trinajstić information content (AvgIpc) is 2.41. The number of carbonyl (C=O) groups excluding carboxylic acids is 2. The van der Waals surface area contributed by atoms with Crippen LogP contribution in [0.4, 0.5) is 0 Å². The Hall–Kier alpha value is -1.91. The van der Waals surface area contributed by atoms with Crippen molar-refractivity contribution in [2.24, 2.45) is 0 Å². The number of imide groups is 1. The van der Waals surface area contributed by atoms with Crippen LogP contribution in [0.3, 0.4) is 0 Å². The van der Waals surface area contributed by atoms with Gasteiger partial charge in [-0.1, -0.05) is 20.8 Å². The summed E-state index contributed by atoms with van der Waals surface area (Å²) in [5.41, 5.74) is -0.0661. The van der Waals surface area contributed by atoms with Gasteiger partial charge in [-0.2, -0.15) is 0 Å². The van der Waals surface area contributed by atoms with E-state index in [1.807, 2.05) is 20.8 Å². The molecular weight excluding hydrogens is 208 g/mol. The summed E-state index contributed by atoms with van der Waals surface area (Å²) in [6.45, 7) is 5.75. The van der Waals surface area contributed by atoms with E-state index in [-0.39, 0.29) is 16.5 Å². The Morgan fingerprint density at radius 1 is 1.06 bits per heavy atom. The van der Waals surface area contributed by atoms with Crippen molar-refractivity contribution in [3.8, 4) is 0 Å². The Bertz CT molecular complexity index is 549. The minimum atomic E-state index is -0.623. The van der Waals surface area contributed by atoms with Gasteiger partial charge in [0, 0.05) is 11.1 Å². The third kappa shape index (κ3) is 1.44. The molecule has 0 radical (unpaired) electrons. The quantitative estimate of drug-likeness (QED) is 0.627. The predicted octanol–water partition coefficient (Wildman–Crippen LogP) is 0.556. The maximum atomic E-state index is 11.7. The van der Waals surface area contributed by atoms with Crippen molar-refractivity contribution in [1.29, 1.82) is 0 Å². The summed E-state index contributed by atoms with van der Waals surface area (Å²) >= 11 is 0. The molecule has 2 amide bonds. The van der Waals surface area contributed by atoms with Crippen LogP contribution in [-0.2, 0) is 5.41 Å². The molecule has 0 saturated carbocycles. The zero-order valence-electron chi connectivity index (χ0n) is 9.30. The van der Waals surface area contributed by atoms with Crippen molar-refractivity contribution >= 4 is 11.8 Å². The van der Waals surface area contributed by atoms with Crippen LogP contribution >= 0.6 is 0 Å². The van der Waals surface area contributed by atoms with Crippen molar-refractivity contribution in [3.63, 3.8) is 0 Å². The summed E-state index contributed by atoms with van der Waals surface area (Å²) < 4.78 is 0. The Kier molecular flexibility index (Phi) is 2.01. The molecule has 1 aliphatic rings. The molecule has 16 heavy (non-hydrogen) atoms. The largest absolute Gasteiger partial charge is 0.325 e. The highest BCUT2D eigenvalue weighted by atomic mass is 16.2. The lowest BCUT2D eigenvalue weighted by Crippen LogP contribution is -2.25.